The molecule has 1 saturated heterocycles. The number of rotatable bonds is 10. The maximum absolute atomic E-state index is 12.8. The van der Waals surface area contributed by atoms with E-state index in [1.165, 1.54) is 0 Å². The molecule has 2 aromatic carbocycles. The molecule has 0 aromatic heterocycles. The lowest BCUT2D eigenvalue weighted by Crippen LogP contribution is -2.33. The first-order valence-electron chi connectivity index (χ1n) is 10.4. The molecule has 0 N–H and O–H groups in total. The van der Waals surface area contributed by atoms with E-state index in [2.05, 4.69) is 15.9 Å². The maximum atomic E-state index is 12.8. The van der Waals surface area contributed by atoms with Crippen LogP contribution in [0.25, 0.3) is 6.08 Å². The number of amides is 2. The largest absolute Gasteiger partial charge is 0.490 e. The predicted molar refractivity (Wildman–Crippen MR) is 131 cm³/mol. The van der Waals surface area contributed by atoms with E-state index >= 15 is 0 Å². The van der Waals surface area contributed by atoms with Gasteiger partial charge in [0.1, 0.15) is 0 Å². The van der Waals surface area contributed by atoms with Crippen LogP contribution < -0.4 is 9.47 Å². The minimum Gasteiger partial charge on any atom is -0.490 e. The summed E-state index contributed by atoms with van der Waals surface area (Å²) < 4.78 is 16.7. The van der Waals surface area contributed by atoms with E-state index < -0.39 is 17.1 Å². The Kier molecular flexibility index (Phi) is 8.89. The van der Waals surface area contributed by atoms with Crippen molar-refractivity contribution in [3.63, 3.8) is 0 Å². The molecule has 1 heterocycles. The van der Waals surface area contributed by atoms with E-state index in [0.29, 0.717) is 29.2 Å². The molecule has 1 aliphatic rings. The fourth-order valence-electron chi connectivity index (χ4n) is 3.00. The van der Waals surface area contributed by atoms with Crippen LogP contribution in [0.1, 0.15) is 29.8 Å². The Balaban J connectivity index is 1.74. The van der Waals surface area contributed by atoms with Gasteiger partial charge in [-0.1, -0.05) is 34.1 Å². The van der Waals surface area contributed by atoms with E-state index in [0.717, 1.165) is 21.1 Å². The topological polar surface area (TPSA) is 99.2 Å². The van der Waals surface area contributed by atoms with Crippen LogP contribution in [0, 0.1) is 0 Å². The van der Waals surface area contributed by atoms with Gasteiger partial charge >= 0.3 is 5.97 Å². The van der Waals surface area contributed by atoms with Gasteiger partial charge in [-0.25, -0.2) is 4.79 Å². The molecule has 0 spiro atoms. The number of nitrogens with zero attached hydrogens (tertiary/aromatic N) is 1. The summed E-state index contributed by atoms with van der Waals surface area (Å²) in [5.41, 5.74) is 1.00. The highest BCUT2D eigenvalue weighted by atomic mass is 79.9. The first-order valence-corrected chi connectivity index (χ1v) is 12.0. The Hall–Kier alpha value is -3.11. The van der Waals surface area contributed by atoms with Gasteiger partial charge in [-0.3, -0.25) is 19.3 Å². The van der Waals surface area contributed by atoms with Crippen molar-refractivity contribution < 1.29 is 33.4 Å². The van der Waals surface area contributed by atoms with Crippen LogP contribution in [0.2, 0.25) is 0 Å². The summed E-state index contributed by atoms with van der Waals surface area (Å²) in [6.07, 6.45) is 1.55. The quantitative estimate of drug-likeness (QED) is 0.239. The van der Waals surface area contributed by atoms with Crippen LogP contribution in [0.3, 0.4) is 0 Å². The zero-order chi connectivity index (χ0) is 24.7. The molecule has 178 valence electrons. The van der Waals surface area contributed by atoms with E-state index in [9.17, 15) is 19.2 Å². The number of Topliss-reactive ketones (excluding diaryl/α,β-unsaturated/α-hetero) is 1. The Labute approximate surface area is 209 Å². The number of esters is 1. The Morgan fingerprint density at radius 2 is 1.74 bits per heavy atom. The molecule has 2 amide bonds. The third-order valence-corrected chi connectivity index (χ3v) is 5.99. The lowest BCUT2D eigenvalue weighted by Gasteiger charge is -2.12. The van der Waals surface area contributed by atoms with Crippen LogP contribution in [-0.4, -0.2) is 54.2 Å². The monoisotopic (exact) mass is 547 g/mol. The van der Waals surface area contributed by atoms with E-state index in [-0.39, 0.29) is 30.4 Å². The van der Waals surface area contributed by atoms with Crippen molar-refractivity contribution in [3.05, 3.63) is 63.0 Å². The summed E-state index contributed by atoms with van der Waals surface area (Å²) in [4.78, 5) is 50.4. The number of benzene rings is 2. The van der Waals surface area contributed by atoms with Gasteiger partial charge < -0.3 is 14.2 Å². The molecule has 0 bridgehead atoms. The van der Waals surface area contributed by atoms with Crippen LogP contribution in [0.5, 0.6) is 11.5 Å². The van der Waals surface area contributed by atoms with Crippen LogP contribution >= 0.6 is 27.7 Å². The van der Waals surface area contributed by atoms with Crippen LogP contribution in [-0.2, 0) is 14.3 Å². The highest BCUT2D eigenvalue weighted by molar-refractivity contribution is 9.10. The van der Waals surface area contributed by atoms with Gasteiger partial charge in [0, 0.05) is 10.0 Å². The summed E-state index contributed by atoms with van der Waals surface area (Å²) in [7, 11) is 0. The first-order chi connectivity index (χ1) is 16.3. The summed E-state index contributed by atoms with van der Waals surface area (Å²) in [5.74, 6) is -0.648. The van der Waals surface area contributed by atoms with Crippen molar-refractivity contribution in [3.8, 4) is 11.5 Å². The molecular formula is C24H22BrNO7S. The number of hydrogen-bond acceptors (Lipinski definition) is 8. The summed E-state index contributed by atoms with van der Waals surface area (Å²) in [6, 6.07) is 11.6. The van der Waals surface area contributed by atoms with Gasteiger partial charge in [-0.05, 0) is 61.5 Å². The molecule has 0 radical (unpaired) electrons. The van der Waals surface area contributed by atoms with Crippen molar-refractivity contribution in [2.75, 3.05) is 26.4 Å². The molecule has 0 saturated carbocycles. The number of hydrogen-bond donors (Lipinski definition) is 0. The Morgan fingerprint density at radius 1 is 1.00 bits per heavy atom. The fraction of sp³-hybridized carbons (Fsp3) is 0.250. The highest BCUT2D eigenvalue weighted by Gasteiger charge is 2.36. The smallest absolute Gasteiger partial charge is 0.344 e. The fourth-order valence-corrected chi connectivity index (χ4v) is 4.10. The number of carbonyl (C=O) groups excluding carboxylic acids is 4. The normalized spacial score (nSPS) is 14.4. The molecule has 0 unspecified atom stereocenters. The molecule has 34 heavy (non-hydrogen) atoms. The summed E-state index contributed by atoms with van der Waals surface area (Å²) in [5, 5.41) is -0.513. The molecule has 0 aliphatic carbocycles. The molecule has 2 aromatic rings. The molecule has 3 rings (SSSR count). The Morgan fingerprint density at radius 3 is 2.41 bits per heavy atom. The average Bonchev–Trinajstić information content (AvgIpc) is 3.06. The van der Waals surface area contributed by atoms with Crippen molar-refractivity contribution in [1.29, 1.82) is 0 Å². The summed E-state index contributed by atoms with van der Waals surface area (Å²) >= 11 is 4.07. The third-order valence-electron chi connectivity index (χ3n) is 4.56. The average molecular weight is 548 g/mol. The SMILES string of the molecule is CCOC(=O)COc1ccc(/C=C2\SC(=O)N(CC(=O)c3ccc(Br)cc3)C2=O)cc1OCC. The van der Waals surface area contributed by atoms with Crippen LogP contribution in [0.4, 0.5) is 4.79 Å². The molecular weight excluding hydrogens is 526 g/mol. The van der Waals surface area contributed by atoms with Crippen molar-refractivity contribution in [2.24, 2.45) is 0 Å². The minimum absolute atomic E-state index is 0.191. The third kappa shape index (κ3) is 6.48. The number of ketones is 1. The van der Waals surface area contributed by atoms with Gasteiger partial charge in [0.2, 0.25) is 0 Å². The van der Waals surface area contributed by atoms with E-state index in [1.807, 2.05) is 0 Å². The zero-order valence-electron chi connectivity index (χ0n) is 18.5. The first kappa shape index (κ1) is 25.5. The van der Waals surface area contributed by atoms with Gasteiger partial charge in [0.25, 0.3) is 11.1 Å². The number of imide groups is 1. The highest BCUT2D eigenvalue weighted by Crippen LogP contribution is 2.35. The molecule has 1 fully saturated rings. The van der Waals surface area contributed by atoms with Crippen molar-refractivity contribution in [2.45, 2.75) is 13.8 Å². The van der Waals surface area contributed by atoms with Crippen LogP contribution in [0.15, 0.2) is 51.8 Å². The number of carbonyl (C=O) groups is 4. The number of ether oxygens (including phenoxy) is 3. The van der Waals surface area contributed by atoms with Gasteiger partial charge in [0.15, 0.2) is 23.9 Å². The molecule has 1 aliphatic heterocycles. The standard InChI is InChI=1S/C24H22BrNO7S/c1-3-31-20-11-15(5-10-19(20)33-14-22(28)32-4-2)12-21-23(29)26(24(30)34-21)13-18(27)16-6-8-17(25)9-7-16/h5-12H,3-4,13-14H2,1-2H3/b21-12-. The van der Waals surface area contributed by atoms with Gasteiger partial charge in [0.05, 0.1) is 24.7 Å². The predicted octanol–water partition coefficient (Wildman–Crippen LogP) is 4.71. The zero-order valence-corrected chi connectivity index (χ0v) is 20.9. The molecule has 10 heteroatoms. The van der Waals surface area contributed by atoms with E-state index in [4.69, 9.17) is 14.2 Å². The Bertz CT molecular complexity index is 1130. The van der Waals surface area contributed by atoms with Gasteiger partial charge in [-0.15, -0.1) is 0 Å². The summed E-state index contributed by atoms with van der Waals surface area (Å²) in [6.45, 7) is 3.51. The second kappa shape index (κ2) is 11.8. The van der Waals surface area contributed by atoms with Crippen molar-refractivity contribution >= 4 is 56.7 Å². The van der Waals surface area contributed by atoms with E-state index in [1.54, 1.807) is 62.4 Å². The second-order valence-electron chi connectivity index (χ2n) is 6.93. The maximum Gasteiger partial charge on any atom is 0.344 e. The number of thioether (sulfide) groups is 1. The lowest BCUT2D eigenvalue weighted by molar-refractivity contribution is -0.145. The number of halogens is 1. The van der Waals surface area contributed by atoms with Gasteiger partial charge in [-0.2, -0.15) is 0 Å². The minimum atomic E-state index is -0.541. The molecule has 0 atom stereocenters. The lowest BCUT2D eigenvalue weighted by atomic mass is 10.1. The second-order valence-corrected chi connectivity index (χ2v) is 8.84. The molecule has 8 nitrogen and oxygen atoms in total. The van der Waals surface area contributed by atoms with Crippen molar-refractivity contribution in [1.82, 2.24) is 4.90 Å².